The van der Waals surface area contributed by atoms with Crippen LogP contribution >= 0.6 is 0 Å². The zero-order chi connectivity index (χ0) is 12.8. The van der Waals surface area contributed by atoms with Crippen LogP contribution in [0, 0.1) is 0 Å². The van der Waals surface area contributed by atoms with Crippen molar-refractivity contribution >= 4 is 5.97 Å². The van der Waals surface area contributed by atoms with E-state index < -0.39 is 0 Å². The van der Waals surface area contributed by atoms with E-state index in [-0.39, 0.29) is 11.6 Å². The molecule has 2 aliphatic rings. The smallest absolute Gasteiger partial charge is 0.305 e. The molecule has 18 heavy (non-hydrogen) atoms. The quantitative estimate of drug-likeness (QED) is 0.582. The lowest BCUT2D eigenvalue weighted by atomic mass is 9.74. The Morgan fingerprint density at radius 3 is 3.00 bits per heavy atom. The highest BCUT2D eigenvalue weighted by Crippen LogP contribution is 2.42. The van der Waals surface area contributed by atoms with Gasteiger partial charge in [-0.05, 0) is 52.0 Å². The monoisotopic (exact) mass is 255 g/mol. The number of hydrogen-bond acceptors (Lipinski definition) is 4. The number of nitrogens with one attached hydrogen (secondary N) is 1. The number of esters is 1. The zero-order valence-corrected chi connectivity index (χ0v) is 11.4. The van der Waals surface area contributed by atoms with E-state index in [2.05, 4.69) is 5.32 Å². The molecule has 1 aliphatic heterocycles. The van der Waals surface area contributed by atoms with Gasteiger partial charge in [0.15, 0.2) is 0 Å². The Hall–Kier alpha value is -0.610. The average Bonchev–Trinajstić information content (AvgIpc) is 2.33. The largest absolute Gasteiger partial charge is 0.466 e. The first-order chi connectivity index (χ1) is 8.74. The van der Waals surface area contributed by atoms with Gasteiger partial charge >= 0.3 is 5.97 Å². The Bertz CT molecular complexity index is 276. The summed E-state index contributed by atoms with van der Waals surface area (Å²) >= 11 is 0. The third kappa shape index (κ3) is 3.69. The van der Waals surface area contributed by atoms with E-state index in [1.54, 1.807) is 0 Å². The molecular formula is C14H25NO3. The molecule has 0 amide bonds. The van der Waals surface area contributed by atoms with Crippen LogP contribution in [-0.2, 0) is 14.3 Å². The van der Waals surface area contributed by atoms with Crippen molar-refractivity contribution < 1.29 is 14.3 Å². The predicted octanol–water partition coefficient (Wildman–Crippen LogP) is 2.02. The molecule has 104 valence electrons. The molecule has 1 aliphatic carbocycles. The maximum atomic E-state index is 11.2. The SMILES string of the molecule is CCOC(=O)CCCNC1CCOC2(CCC2)C1. The van der Waals surface area contributed by atoms with Gasteiger partial charge in [-0.1, -0.05) is 0 Å². The summed E-state index contributed by atoms with van der Waals surface area (Å²) in [5.41, 5.74) is 0.205. The van der Waals surface area contributed by atoms with E-state index >= 15 is 0 Å². The third-order valence-corrected chi connectivity index (χ3v) is 4.05. The van der Waals surface area contributed by atoms with Gasteiger partial charge in [0.1, 0.15) is 0 Å². The van der Waals surface area contributed by atoms with Crippen molar-refractivity contribution in [1.82, 2.24) is 5.32 Å². The van der Waals surface area contributed by atoms with Crippen LogP contribution in [0.4, 0.5) is 0 Å². The highest BCUT2D eigenvalue weighted by Gasteiger charge is 2.42. The van der Waals surface area contributed by atoms with Crippen molar-refractivity contribution in [3.05, 3.63) is 0 Å². The zero-order valence-electron chi connectivity index (χ0n) is 11.4. The summed E-state index contributed by atoms with van der Waals surface area (Å²) in [5, 5.41) is 3.55. The van der Waals surface area contributed by atoms with Gasteiger partial charge in [-0.15, -0.1) is 0 Å². The molecule has 0 aromatic rings. The lowest BCUT2D eigenvalue weighted by Crippen LogP contribution is -2.51. The summed E-state index contributed by atoms with van der Waals surface area (Å²) in [6.45, 7) is 4.11. The van der Waals surface area contributed by atoms with Crippen LogP contribution < -0.4 is 5.32 Å². The van der Waals surface area contributed by atoms with Crippen LogP contribution in [0.25, 0.3) is 0 Å². The normalized spacial score (nSPS) is 25.7. The van der Waals surface area contributed by atoms with Crippen LogP contribution in [-0.4, -0.2) is 37.4 Å². The fraction of sp³-hybridized carbons (Fsp3) is 0.929. The first-order valence-electron chi connectivity index (χ1n) is 7.27. The van der Waals surface area contributed by atoms with Gasteiger partial charge in [0.25, 0.3) is 0 Å². The highest BCUT2D eigenvalue weighted by atomic mass is 16.5. The second-order valence-electron chi connectivity index (χ2n) is 5.44. The van der Waals surface area contributed by atoms with Crippen LogP contribution in [0.5, 0.6) is 0 Å². The number of hydrogen-bond donors (Lipinski definition) is 1. The molecule has 2 rings (SSSR count). The standard InChI is InChI=1S/C14H25NO3/c1-2-17-13(16)5-3-9-15-12-6-10-18-14(11-12)7-4-8-14/h12,15H,2-11H2,1H3. The van der Waals surface area contributed by atoms with Crippen molar-refractivity contribution in [2.75, 3.05) is 19.8 Å². The van der Waals surface area contributed by atoms with Crippen LogP contribution in [0.2, 0.25) is 0 Å². The summed E-state index contributed by atoms with van der Waals surface area (Å²) in [7, 11) is 0. The molecule has 0 aromatic carbocycles. The van der Waals surface area contributed by atoms with Gasteiger partial charge in [0.2, 0.25) is 0 Å². The first kappa shape index (κ1) is 13.8. The molecule has 0 aromatic heterocycles. The number of rotatable bonds is 6. The van der Waals surface area contributed by atoms with E-state index in [0.29, 0.717) is 19.1 Å². The Labute approximate surface area is 109 Å². The van der Waals surface area contributed by atoms with Crippen LogP contribution in [0.3, 0.4) is 0 Å². The molecule has 2 fully saturated rings. The molecule has 1 atom stereocenters. The highest BCUT2D eigenvalue weighted by molar-refractivity contribution is 5.69. The average molecular weight is 255 g/mol. The Morgan fingerprint density at radius 1 is 1.50 bits per heavy atom. The number of ether oxygens (including phenoxy) is 2. The molecule has 1 N–H and O–H groups in total. The number of carbonyl (C=O) groups excluding carboxylic acids is 1. The van der Waals surface area contributed by atoms with Gasteiger partial charge < -0.3 is 14.8 Å². The van der Waals surface area contributed by atoms with E-state index in [4.69, 9.17) is 9.47 Å². The molecule has 1 spiro atoms. The van der Waals surface area contributed by atoms with Gasteiger partial charge in [0, 0.05) is 19.1 Å². The Balaban J connectivity index is 1.57. The molecule has 0 bridgehead atoms. The fourth-order valence-corrected chi connectivity index (χ4v) is 2.89. The van der Waals surface area contributed by atoms with E-state index in [9.17, 15) is 4.79 Å². The molecule has 0 radical (unpaired) electrons. The molecule has 1 heterocycles. The minimum Gasteiger partial charge on any atom is -0.466 e. The summed E-state index contributed by atoms with van der Waals surface area (Å²) < 4.78 is 10.8. The van der Waals surface area contributed by atoms with E-state index in [0.717, 1.165) is 32.4 Å². The Kier molecular flexibility index (Phi) is 5.01. The van der Waals surface area contributed by atoms with Crippen molar-refractivity contribution in [2.45, 2.75) is 63.5 Å². The van der Waals surface area contributed by atoms with Gasteiger partial charge in [-0.3, -0.25) is 4.79 Å². The van der Waals surface area contributed by atoms with Crippen LogP contribution in [0.15, 0.2) is 0 Å². The molecule has 1 saturated carbocycles. The van der Waals surface area contributed by atoms with E-state index in [1.807, 2.05) is 6.92 Å². The maximum Gasteiger partial charge on any atom is 0.305 e. The van der Waals surface area contributed by atoms with Gasteiger partial charge in [-0.25, -0.2) is 0 Å². The van der Waals surface area contributed by atoms with Gasteiger partial charge in [-0.2, -0.15) is 0 Å². The van der Waals surface area contributed by atoms with Crippen molar-refractivity contribution in [1.29, 1.82) is 0 Å². The fourth-order valence-electron chi connectivity index (χ4n) is 2.89. The van der Waals surface area contributed by atoms with Gasteiger partial charge in [0.05, 0.1) is 12.2 Å². The number of carbonyl (C=O) groups is 1. The maximum absolute atomic E-state index is 11.2. The molecular weight excluding hydrogens is 230 g/mol. The lowest BCUT2D eigenvalue weighted by molar-refractivity contribution is -0.143. The summed E-state index contributed by atoms with van der Waals surface area (Å²) in [6.07, 6.45) is 7.41. The van der Waals surface area contributed by atoms with Crippen LogP contribution in [0.1, 0.15) is 51.9 Å². The van der Waals surface area contributed by atoms with Crippen molar-refractivity contribution in [3.8, 4) is 0 Å². The molecule has 1 unspecified atom stereocenters. The minimum absolute atomic E-state index is 0.0817. The predicted molar refractivity (Wildman–Crippen MR) is 69.4 cm³/mol. The first-order valence-corrected chi connectivity index (χ1v) is 7.27. The summed E-state index contributed by atoms with van der Waals surface area (Å²) in [5.74, 6) is -0.0817. The summed E-state index contributed by atoms with van der Waals surface area (Å²) in [6, 6.07) is 0.571. The topological polar surface area (TPSA) is 47.6 Å². The molecule has 4 nitrogen and oxygen atoms in total. The van der Waals surface area contributed by atoms with Crippen molar-refractivity contribution in [3.63, 3.8) is 0 Å². The molecule has 1 saturated heterocycles. The minimum atomic E-state index is -0.0817. The lowest BCUT2D eigenvalue weighted by Gasteiger charge is -2.47. The van der Waals surface area contributed by atoms with E-state index in [1.165, 1.54) is 19.3 Å². The third-order valence-electron chi connectivity index (χ3n) is 4.05. The molecule has 4 heteroatoms. The Morgan fingerprint density at radius 2 is 2.33 bits per heavy atom. The van der Waals surface area contributed by atoms with Crippen molar-refractivity contribution in [2.24, 2.45) is 0 Å². The second kappa shape index (κ2) is 6.53. The second-order valence-corrected chi connectivity index (χ2v) is 5.44. The summed E-state index contributed by atoms with van der Waals surface area (Å²) in [4.78, 5) is 11.2.